The zero-order valence-electron chi connectivity index (χ0n) is 15.2. The van der Waals surface area contributed by atoms with Gasteiger partial charge in [0.05, 0.1) is 36.7 Å². The fraction of sp³-hybridized carbons (Fsp3) is 0.556. The third-order valence-electron chi connectivity index (χ3n) is 5.03. The summed E-state index contributed by atoms with van der Waals surface area (Å²) in [4.78, 5) is 24.0. The smallest absolute Gasteiger partial charge is 0.254 e. The van der Waals surface area contributed by atoms with Gasteiger partial charge in [0.1, 0.15) is 0 Å². The summed E-state index contributed by atoms with van der Waals surface area (Å²) in [5.41, 5.74) is 2.62. The van der Waals surface area contributed by atoms with Crippen LogP contribution in [0.4, 0.5) is 5.95 Å². The highest BCUT2D eigenvalue weighted by Gasteiger charge is 2.35. The van der Waals surface area contributed by atoms with Crippen molar-refractivity contribution in [1.29, 1.82) is 0 Å². The van der Waals surface area contributed by atoms with Gasteiger partial charge in [-0.3, -0.25) is 9.89 Å². The van der Waals surface area contributed by atoms with Gasteiger partial charge in [0, 0.05) is 31.0 Å². The molecule has 0 saturated carbocycles. The Morgan fingerprint density at radius 2 is 2.15 bits per heavy atom. The van der Waals surface area contributed by atoms with Crippen LogP contribution >= 0.6 is 0 Å². The third kappa shape index (κ3) is 3.41. The molecule has 2 aromatic rings. The average Bonchev–Trinajstić information content (AvgIpc) is 3.16. The van der Waals surface area contributed by atoms with Crippen LogP contribution in [-0.2, 0) is 11.2 Å². The van der Waals surface area contributed by atoms with Crippen LogP contribution in [0.15, 0.2) is 18.6 Å². The lowest BCUT2D eigenvalue weighted by molar-refractivity contribution is 0.0919. The van der Waals surface area contributed by atoms with E-state index in [-0.39, 0.29) is 17.4 Å². The predicted molar refractivity (Wildman–Crippen MR) is 96.0 cm³/mol. The van der Waals surface area contributed by atoms with Crippen LogP contribution < -0.4 is 10.2 Å². The maximum atomic E-state index is 12.5. The summed E-state index contributed by atoms with van der Waals surface area (Å²) in [6.45, 7) is 7.45. The van der Waals surface area contributed by atoms with Crippen LogP contribution in [0.25, 0.3) is 0 Å². The van der Waals surface area contributed by atoms with Gasteiger partial charge in [0.25, 0.3) is 5.91 Å². The second-order valence-corrected chi connectivity index (χ2v) is 7.73. The summed E-state index contributed by atoms with van der Waals surface area (Å²) in [5, 5.41) is 9.64. The molecule has 2 aromatic heterocycles. The Kier molecular flexibility index (Phi) is 4.36. The van der Waals surface area contributed by atoms with E-state index in [4.69, 9.17) is 9.72 Å². The summed E-state index contributed by atoms with van der Waals surface area (Å²) >= 11 is 0. The van der Waals surface area contributed by atoms with Crippen molar-refractivity contribution in [1.82, 2.24) is 25.5 Å². The van der Waals surface area contributed by atoms with E-state index >= 15 is 0 Å². The topological polar surface area (TPSA) is 96.0 Å². The van der Waals surface area contributed by atoms with E-state index in [0.29, 0.717) is 18.8 Å². The molecule has 1 amide bonds. The van der Waals surface area contributed by atoms with Crippen molar-refractivity contribution in [3.8, 4) is 0 Å². The number of nitrogens with zero attached hydrogens (tertiary/aromatic N) is 4. The molecule has 0 spiro atoms. The standard InChI is InChI=1S/C18H24N6O2/c1-18(2)7-14(22-16(25)12-9-20-21-10-12)13-11-19-17(23-15(13)8-18)24-3-5-26-6-4-24/h9-11,14H,3-8H2,1-2H3,(H,20,21)(H,22,25). The highest BCUT2D eigenvalue weighted by Crippen LogP contribution is 2.40. The van der Waals surface area contributed by atoms with Crippen molar-refractivity contribution >= 4 is 11.9 Å². The molecule has 0 radical (unpaired) electrons. The van der Waals surface area contributed by atoms with E-state index < -0.39 is 0 Å². The molecule has 0 bridgehead atoms. The number of ether oxygens (including phenoxy) is 1. The molecule has 8 heteroatoms. The van der Waals surface area contributed by atoms with Gasteiger partial charge >= 0.3 is 0 Å². The molecule has 3 heterocycles. The lowest BCUT2D eigenvalue weighted by Gasteiger charge is -2.37. The summed E-state index contributed by atoms with van der Waals surface area (Å²) in [6.07, 6.45) is 6.73. The van der Waals surface area contributed by atoms with Crippen LogP contribution in [0, 0.1) is 5.41 Å². The molecular weight excluding hydrogens is 332 g/mol. The van der Waals surface area contributed by atoms with E-state index in [1.807, 2.05) is 6.20 Å². The van der Waals surface area contributed by atoms with Crippen molar-refractivity contribution in [2.75, 3.05) is 31.2 Å². The molecule has 2 aliphatic rings. The number of aromatic amines is 1. The number of aromatic nitrogens is 4. The van der Waals surface area contributed by atoms with Gasteiger partial charge in [-0.05, 0) is 18.3 Å². The van der Waals surface area contributed by atoms with Crippen molar-refractivity contribution in [2.24, 2.45) is 5.41 Å². The van der Waals surface area contributed by atoms with Gasteiger partial charge in [-0.1, -0.05) is 13.8 Å². The van der Waals surface area contributed by atoms with Gasteiger partial charge < -0.3 is 15.0 Å². The van der Waals surface area contributed by atoms with E-state index in [9.17, 15) is 4.79 Å². The Hall–Kier alpha value is -2.48. The molecule has 8 nitrogen and oxygen atoms in total. The minimum atomic E-state index is -0.135. The molecule has 1 saturated heterocycles. The highest BCUT2D eigenvalue weighted by molar-refractivity contribution is 5.93. The number of nitrogens with one attached hydrogen (secondary N) is 2. The molecule has 4 rings (SSSR count). The number of hydrogen-bond acceptors (Lipinski definition) is 6. The first kappa shape index (κ1) is 17.0. The quantitative estimate of drug-likeness (QED) is 0.865. The maximum absolute atomic E-state index is 12.5. The van der Waals surface area contributed by atoms with Gasteiger partial charge in [-0.15, -0.1) is 0 Å². The summed E-state index contributed by atoms with van der Waals surface area (Å²) < 4.78 is 5.41. The normalized spacial score (nSPS) is 21.9. The Bertz CT molecular complexity index is 783. The third-order valence-corrected chi connectivity index (χ3v) is 5.03. The molecule has 0 aromatic carbocycles. The molecule has 1 aliphatic heterocycles. The molecular formula is C18H24N6O2. The summed E-state index contributed by atoms with van der Waals surface area (Å²) in [5.74, 6) is 0.620. The molecule has 138 valence electrons. The minimum absolute atomic E-state index is 0.0535. The van der Waals surface area contributed by atoms with Crippen LogP contribution in [0.2, 0.25) is 0 Å². The molecule has 1 unspecified atom stereocenters. The number of morpholine rings is 1. The van der Waals surface area contributed by atoms with E-state index in [1.54, 1.807) is 6.20 Å². The Balaban J connectivity index is 1.60. The highest BCUT2D eigenvalue weighted by atomic mass is 16.5. The first-order chi connectivity index (χ1) is 12.5. The fourth-order valence-electron chi connectivity index (χ4n) is 3.70. The number of H-pyrrole nitrogens is 1. The molecule has 1 fully saturated rings. The van der Waals surface area contributed by atoms with Crippen LogP contribution in [0.3, 0.4) is 0 Å². The molecule has 2 N–H and O–H groups in total. The van der Waals surface area contributed by atoms with Crippen molar-refractivity contribution < 1.29 is 9.53 Å². The lowest BCUT2D eigenvalue weighted by atomic mass is 9.74. The predicted octanol–water partition coefficient (Wildman–Crippen LogP) is 1.48. The molecule has 26 heavy (non-hydrogen) atoms. The minimum Gasteiger partial charge on any atom is -0.378 e. The number of carbonyl (C=O) groups is 1. The molecule has 1 aliphatic carbocycles. The van der Waals surface area contributed by atoms with Crippen LogP contribution in [0.1, 0.15) is 47.9 Å². The Morgan fingerprint density at radius 1 is 1.35 bits per heavy atom. The van der Waals surface area contributed by atoms with Crippen molar-refractivity contribution in [3.63, 3.8) is 0 Å². The van der Waals surface area contributed by atoms with Crippen molar-refractivity contribution in [3.05, 3.63) is 35.4 Å². The van der Waals surface area contributed by atoms with Gasteiger partial charge in [-0.25, -0.2) is 9.97 Å². The van der Waals surface area contributed by atoms with Crippen LogP contribution in [0.5, 0.6) is 0 Å². The van der Waals surface area contributed by atoms with Gasteiger partial charge in [0.2, 0.25) is 5.95 Å². The maximum Gasteiger partial charge on any atom is 0.254 e. The van der Waals surface area contributed by atoms with E-state index in [2.05, 4.69) is 39.2 Å². The average molecular weight is 356 g/mol. The zero-order valence-corrected chi connectivity index (χ0v) is 15.2. The Labute approximate surface area is 152 Å². The van der Waals surface area contributed by atoms with E-state index in [0.717, 1.165) is 43.1 Å². The summed E-state index contributed by atoms with van der Waals surface area (Å²) in [7, 11) is 0. The Morgan fingerprint density at radius 3 is 2.88 bits per heavy atom. The number of amides is 1. The fourth-order valence-corrected chi connectivity index (χ4v) is 3.70. The lowest BCUT2D eigenvalue weighted by Crippen LogP contribution is -2.39. The second-order valence-electron chi connectivity index (χ2n) is 7.73. The van der Waals surface area contributed by atoms with Gasteiger partial charge in [-0.2, -0.15) is 5.10 Å². The number of carbonyl (C=O) groups excluding carboxylic acids is 1. The number of hydrogen-bond donors (Lipinski definition) is 2. The second kappa shape index (κ2) is 6.68. The monoisotopic (exact) mass is 356 g/mol. The number of anilines is 1. The van der Waals surface area contributed by atoms with Crippen molar-refractivity contribution in [2.45, 2.75) is 32.7 Å². The largest absolute Gasteiger partial charge is 0.378 e. The number of fused-ring (bicyclic) bond motifs is 1. The zero-order chi connectivity index (χ0) is 18.1. The molecule has 1 atom stereocenters. The first-order valence-corrected chi connectivity index (χ1v) is 9.00. The summed E-state index contributed by atoms with van der Waals surface area (Å²) in [6, 6.07) is -0.102. The van der Waals surface area contributed by atoms with Gasteiger partial charge in [0.15, 0.2) is 0 Å². The first-order valence-electron chi connectivity index (χ1n) is 9.00. The SMILES string of the molecule is CC1(C)Cc2nc(N3CCOCC3)ncc2C(NC(=O)c2cn[nH]c2)C1. The number of rotatable bonds is 3. The van der Waals surface area contributed by atoms with Crippen LogP contribution in [-0.4, -0.2) is 52.4 Å². The van der Waals surface area contributed by atoms with E-state index in [1.165, 1.54) is 6.20 Å².